The van der Waals surface area contributed by atoms with Crippen molar-refractivity contribution in [3.63, 3.8) is 0 Å². The summed E-state index contributed by atoms with van der Waals surface area (Å²) in [5.41, 5.74) is 23.6. The lowest BCUT2D eigenvalue weighted by Crippen LogP contribution is -2.57. The number of carbonyl (C=O) groups is 3. The zero-order chi connectivity index (χ0) is 29.8. The highest BCUT2D eigenvalue weighted by Gasteiger charge is 2.36. The zero-order valence-electron chi connectivity index (χ0n) is 24.5. The number of rotatable bonds is 14. The van der Waals surface area contributed by atoms with E-state index in [2.05, 4.69) is 15.6 Å². The van der Waals surface area contributed by atoms with Gasteiger partial charge in [0.15, 0.2) is 5.96 Å². The number of guanidine groups is 1. The highest BCUT2D eigenvalue weighted by Crippen LogP contribution is 2.33. The molecule has 11 N–H and O–H groups in total. The quantitative estimate of drug-likeness (QED) is 0.0958. The summed E-state index contributed by atoms with van der Waals surface area (Å²) in [5, 5.41) is 13.6. The van der Waals surface area contributed by atoms with E-state index in [0.29, 0.717) is 31.4 Å². The highest BCUT2D eigenvalue weighted by atomic mass is 35.5. The summed E-state index contributed by atoms with van der Waals surface area (Å²) in [7, 11) is 0. The maximum atomic E-state index is 14.0. The number of amides is 3. The molecular formula is C30H49ClN8O3. The van der Waals surface area contributed by atoms with Gasteiger partial charge < -0.3 is 33.6 Å². The van der Waals surface area contributed by atoms with Crippen LogP contribution < -0.4 is 33.6 Å². The van der Waals surface area contributed by atoms with Crippen LogP contribution in [0.3, 0.4) is 0 Å². The number of hydrogen-bond acceptors (Lipinski definition) is 5. The van der Waals surface area contributed by atoms with Gasteiger partial charge in [-0.15, -0.1) is 12.4 Å². The monoisotopic (exact) mass is 604 g/mol. The Kier molecular flexibility index (Phi) is 14.6. The van der Waals surface area contributed by atoms with Gasteiger partial charge in [-0.3, -0.25) is 24.8 Å². The molecule has 2 unspecified atom stereocenters. The minimum absolute atomic E-state index is 0. The highest BCUT2D eigenvalue weighted by molar-refractivity contribution is 5.95. The lowest BCUT2D eigenvalue weighted by molar-refractivity contribution is -0.135. The fourth-order valence-corrected chi connectivity index (χ4v) is 6.26. The first kappa shape index (κ1) is 34.9. The van der Waals surface area contributed by atoms with Crippen molar-refractivity contribution in [1.82, 2.24) is 10.6 Å². The van der Waals surface area contributed by atoms with Crippen LogP contribution in [0.5, 0.6) is 0 Å². The molecule has 0 heterocycles. The molecule has 2 fully saturated rings. The van der Waals surface area contributed by atoms with Gasteiger partial charge >= 0.3 is 0 Å². The molecule has 2 aliphatic carbocycles. The third-order valence-electron chi connectivity index (χ3n) is 8.58. The lowest BCUT2D eigenvalue weighted by Gasteiger charge is -2.34. The second-order valence-corrected chi connectivity index (χ2v) is 11.6. The van der Waals surface area contributed by atoms with Crippen molar-refractivity contribution in [3.8, 4) is 0 Å². The second-order valence-electron chi connectivity index (χ2n) is 11.6. The molecule has 42 heavy (non-hydrogen) atoms. The molecule has 2 aliphatic rings. The molecule has 0 saturated heterocycles. The van der Waals surface area contributed by atoms with Crippen LogP contribution in [-0.2, 0) is 20.8 Å². The number of amidine groups is 1. The second kappa shape index (κ2) is 17.6. The van der Waals surface area contributed by atoms with Crippen LogP contribution in [0.4, 0.5) is 0 Å². The molecule has 1 aromatic rings. The van der Waals surface area contributed by atoms with Crippen molar-refractivity contribution >= 4 is 41.9 Å². The van der Waals surface area contributed by atoms with Crippen molar-refractivity contribution in [2.24, 2.45) is 45.7 Å². The van der Waals surface area contributed by atoms with Crippen LogP contribution >= 0.6 is 12.4 Å². The van der Waals surface area contributed by atoms with E-state index >= 15 is 0 Å². The van der Waals surface area contributed by atoms with E-state index in [4.69, 9.17) is 28.3 Å². The number of hydrogen-bond donors (Lipinski definition) is 7. The van der Waals surface area contributed by atoms with Crippen LogP contribution in [0.2, 0.25) is 0 Å². The number of nitrogens with two attached hydrogens (primary N) is 4. The summed E-state index contributed by atoms with van der Waals surface area (Å²) >= 11 is 0. The molecule has 3 atom stereocenters. The molecule has 12 heteroatoms. The van der Waals surface area contributed by atoms with E-state index in [-0.39, 0.29) is 53.8 Å². The van der Waals surface area contributed by atoms with Gasteiger partial charge in [0, 0.05) is 18.0 Å². The number of halogens is 1. The Labute approximate surface area is 255 Å². The van der Waals surface area contributed by atoms with Crippen molar-refractivity contribution in [2.45, 2.75) is 95.6 Å². The molecule has 234 valence electrons. The third-order valence-corrected chi connectivity index (χ3v) is 8.58. The Bertz CT molecular complexity index is 1060. The Morgan fingerprint density at radius 1 is 0.833 bits per heavy atom. The maximum absolute atomic E-state index is 14.0. The number of benzene rings is 1. The van der Waals surface area contributed by atoms with Gasteiger partial charge in [-0.05, 0) is 62.3 Å². The van der Waals surface area contributed by atoms with Gasteiger partial charge in [-0.25, -0.2) is 0 Å². The summed E-state index contributed by atoms with van der Waals surface area (Å²) in [6.45, 7) is 0.321. The first-order valence-electron chi connectivity index (χ1n) is 15.0. The number of nitrogens with one attached hydrogen (secondary N) is 3. The van der Waals surface area contributed by atoms with E-state index in [1.54, 1.807) is 0 Å². The summed E-state index contributed by atoms with van der Waals surface area (Å²) in [6.07, 6.45) is 11.4. The molecule has 2 saturated carbocycles. The minimum Gasteiger partial charge on any atom is -0.384 e. The SMILES string of the molecule is Cl.N=C(N)c1ccc(CC(C(=O)NC(C(=O)N[C@@H](CCCN=C(N)N)C(N)=O)C2CCCCC2)C2CCCCC2)cc1. The number of nitrogens with zero attached hydrogens (tertiary/aromatic N) is 1. The van der Waals surface area contributed by atoms with E-state index < -0.39 is 18.0 Å². The van der Waals surface area contributed by atoms with Crippen LogP contribution in [0, 0.1) is 23.2 Å². The predicted octanol–water partition coefficient (Wildman–Crippen LogP) is 2.22. The minimum atomic E-state index is -0.881. The van der Waals surface area contributed by atoms with Gasteiger partial charge in [0.05, 0.1) is 0 Å². The summed E-state index contributed by atoms with van der Waals surface area (Å²) in [4.78, 5) is 43.8. The van der Waals surface area contributed by atoms with Crippen molar-refractivity contribution < 1.29 is 14.4 Å². The van der Waals surface area contributed by atoms with Crippen molar-refractivity contribution in [2.75, 3.05) is 6.54 Å². The number of primary amides is 1. The molecule has 1 aromatic carbocycles. The molecule has 3 amide bonds. The number of aliphatic imine (C=N–C) groups is 1. The lowest BCUT2D eigenvalue weighted by atomic mass is 9.76. The molecule has 0 bridgehead atoms. The fourth-order valence-electron chi connectivity index (χ4n) is 6.26. The van der Waals surface area contributed by atoms with Crippen LogP contribution in [0.1, 0.15) is 88.2 Å². The van der Waals surface area contributed by atoms with Crippen molar-refractivity contribution in [3.05, 3.63) is 35.4 Å². The molecule has 0 spiro atoms. The summed E-state index contributed by atoms with van der Waals surface area (Å²) < 4.78 is 0. The normalized spacial score (nSPS) is 18.0. The number of nitrogen functional groups attached to an aromatic ring is 1. The van der Waals surface area contributed by atoms with Gasteiger partial charge in [-0.1, -0.05) is 62.8 Å². The average molecular weight is 605 g/mol. The first-order chi connectivity index (χ1) is 19.7. The largest absolute Gasteiger partial charge is 0.384 e. The first-order valence-corrected chi connectivity index (χ1v) is 15.0. The fraction of sp³-hybridized carbons (Fsp3) is 0.633. The van der Waals surface area contributed by atoms with E-state index in [1.165, 1.54) is 6.42 Å². The van der Waals surface area contributed by atoms with E-state index in [0.717, 1.165) is 63.4 Å². The van der Waals surface area contributed by atoms with Crippen molar-refractivity contribution in [1.29, 1.82) is 5.41 Å². The molecule has 3 rings (SSSR count). The van der Waals surface area contributed by atoms with Crippen LogP contribution in [0.15, 0.2) is 29.3 Å². The average Bonchev–Trinajstić information content (AvgIpc) is 2.96. The topological polar surface area (TPSA) is 216 Å². The Hall–Kier alpha value is -3.34. The van der Waals surface area contributed by atoms with E-state index in [1.807, 2.05) is 24.3 Å². The predicted molar refractivity (Wildman–Crippen MR) is 168 cm³/mol. The zero-order valence-corrected chi connectivity index (χ0v) is 25.3. The summed E-state index contributed by atoms with van der Waals surface area (Å²) in [5.74, 6) is -1.23. The Balaban J connectivity index is 0.00000616. The van der Waals surface area contributed by atoms with Crippen LogP contribution in [-0.4, -0.2) is 48.1 Å². The Morgan fingerprint density at radius 2 is 1.40 bits per heavy atom. The Morgan fingerprint density at radius 3 is 1.93 bits per heavy atom. The van der Waals surface area contributed by atoms with E-state index in [9.17, 15) is 14.4 Å². The number of carbonyl (C=O) groups excluding carboxylic acids is 3. The standard InChI is InChI=1S/C30H48N8O3.ClH/c31-26(32)22-15-13-19(14-16-22)18-23(20-8-3-1-4-9-20)28(40)38-25(21-10-5-2-6-11-21)29(41)37-24(27(33)39)12-7-17-36-30(34)35;/h13-16,20-21,23-25H,1-12,17-18H2,(H3,31,32)(H2,33,39)(H,37,41)(H,38,40)(H4,34,35,36);1H/t23?,24-,25?;/m0./s1. The van der Waals surface area contributed by atoms with Crippen LogP contribution in [0.25, 0.3) is 0 Å². The third kappa shape index (κ3) is 10.8. The molecule has 0 radical (unpaired) electrons. The molecular weight excluding hydrogens is 556 g/mol. The molecule has 11 nitrogen and oxygen atoms in total. The van der Waals surface area contributed by atoms with Gasteiger partial charge in [0.2, 0.25) is 17.7 Å². The smallest absolute Gasteiger partial charge is 0.243 e. The summed E-state index contributed by atoms with van der Waals surface area (Å²) in [6, 6.07) is 5.84. The molecule has 0 aromatic heterocycles. The van der Waals surface area contributed by atoms with Gasteiger partial charge in [-0.2, -0.15) is 0 Å². The molecule has 0 aliphatic heterocycles. The maximum Gasteiger partial charge on any atom is 0.243 e. The van der Waals surface area contributed by atoms with Gasteiger partial charge in [0.1, 0.15) is 17.9 Å². The van der Waals surface area contributed by atoms with Gasteiger partial charge in [0.25, 0.3) is 0 Å².